The van der Waals surface area contributed by atoms with E-state index in [-0.39, 0.29) is 11.1 Å². The lowest BCUT2D eigenvalue weighted by atomic mass is 10.1. The number of hydrogen-bond acceptors (Lipinski definition) is 3. The first kappa shape index (κ1) is 14.7. The molecule has 1 heterocycles. The Morgan fingerprint density at radius 2 is 1.61 bits per heavy atom. The van der Waals surface area contributed by atoms with Crippen LogP contribution in [0.4, 0.5) is 0 Å². The molecule has 0 radical (unpaired) electrons. The first-order valence-corrected chi connectivity index (χ1v) is 7.40. The van der Waals surface area contributed by atoms with Crippen molar-refractivity contribution in [3.63, 3.8) is 0 Å². The zero-order valence-corrected chi connectivity index (χ0v) is 12.5. The number of rotatable bonds is 4. The lowest BCUT2D eigenvalue weighted by Gasteiger charge is -2.07. The third kappa shape index (κ3) is 3.35. The van der Waals surface area contributed by atoms with E-state index in [1.165, 1.54) is 5.56 Å². The Bertz CT molecular complexity index is 893. The molecule has 0 aliphatic carbocycles. The minimum Gasteiger partial charge on any atom is -0.309 e. The monoisotopic (exact) mass is 301 g/mol. The third-order valence-corrected chi connectivity index (χ3v) is 3.62. The lowest BCUT2D eigenvalue weighted by Crippen LogP contribution is -2.17. The van der Waals surface area contributed by atoms with Crippen LogP contribution in [-0.2, 0) is 12.8 Å². The highest BCUT2D eigenvalue weighted by atomic mass is 16.1. The summed E-state index contributed by atoms with van der Waals surface area (Å²) in [6.07, 6.45) is 1.40. The fourth-order valence-corrected chi connectivity index (χ4v) is 2.45. The molecule has 0 fully saturated rings. The maximum atomic E-state index is 12.2. The van der Waals surface area contributed by atoms with Gasteiger partial charge >= 0.3 is 0 Å². The average Bonchev–Trinajstić information content (AvgIpc) is 2.61. The Balaban J connectivity index is 1.95. The summed E-state index contributed by atoms with van der Waals surface area (Å²) < 4.78 is 0. The van der Waals surface area contributed by atoms with Crippen LogP contribution in [0.1, 0.15) is 17.0 Å². The second-order valence-corrected chi connectivity index (χ2v) is 5.20. The summed E-state index contributed by atoms with van der Waals surface area (Å²) in [5.74, 6) is 0.594. The molecule has 0 unspecified atom stereocenters. The van der Waals surface area contributed by atoms with E-state index in [1.807, 2.05) is 66.7 Å². The largest absolute Gasteiger partial charge is 0.309 e. The van der Waals surface area contributed by atoms with E-state index in [4.69, 9.17) is 0 Å². The molecule has 2 aromatic carbocycles. The highest BCUT2D eigenvalue weighted by Crippen LogP contribution is 2.18. The van der Waals surface area contributed by atoms with Crippen LogP contribution < -0.4 is 5.56 Å². The van der Waals surface area contributed by atoms with Gasteiger partial charge < -0.3 is 4.98 Å². The number of benzene rings is 2. The smallest absolute Gasteiger partial charge is 0.269 e. The number of nitrogens with zero attached hydrogens (tertiary/aromatic N) is 2. The molecule has 0 atom stereocenters. The summed E-state index contributed by atoms with van der Waals surface area (Å²) in [7, 11) is 0. The number of aromatic amines is 1. The summed E-state index contributed by atoms with van der Waals surface area (Å²) in [5, 5.41) is 9.25. The average molecular weight is 301 g/mol. The highest BCUT2D eigenvalue weighted by molar-refractivity contribution is 5.65. The molecule has 23 heavy (non-hydrogen) atoms. The summed E-state index contributed by atoms with van der Waals surface area (Å²) in [4.78, 5) is 19.4. The standard InChI is InChI=1S/C19H15N3O/c20-13-16-18(15-9-5-2-6-10-15)21-17(22-19(16)23)12-11-14-7-3-1-4-8-14/h1-10H,11-12H2,(H,21,22,23). The van der Waals surface area contributed by atoms with E-state index in [0.717, 1.165) is 12.0 Å². The molecular weight excluding hydrogens is 286 g/mol. The van der Waals surface area contributed by atoms with E-state index in [1.54, 1.807) is 0 Å². The molecule has 0 spiro atoms. The predicted molar refractivity (Wildman–Crippen MR) is 88.9 cm³/mol. The van der Waals surface area contributed by atoms with Gasteiger partial charge in [-0.1, -0.05) is 60.7 Å². The van der Waals surface area contributed by atoms with Crippen LogP contribution in [0, 0.1) is 11.3 Å². The Kier molecular flexibility index (Phi) is 4.30. The van der Waals surface area contributed by atoms with Crippen molar-refractivity contribution in [2.75, 3.05) is 0 Å². The molecule has 0 amide bonds. The molecule has 0 saturated carbocycles. The van der Waals surface area contributed by atoms with Crippen LogP contribution in [-0.4, -0.2) is 9.97 Å². The van der Waals surface area contributed by atoms with Gasteiger partial charge in [-0.15, -0.1) is 0 Å². The molecule has 3 aromatic rings. The molecule has 4 nitrogen and oxygen atoms in total. The molecule has 0 aliphatic heterocycles. The number of hydrogen-bond donors (Lipinski definition) is 1. The topological polar surface area (TPSA) is 69.5 Å². The van der Waals surface area contributed by atoms with E-state index in [2.05, 4.69) is 9.97 Å². The van der Waals surface area contributed by atoms with Gasteiger partial charge in [-0.05, 0) is 12.0 Å². The SMILES string of the molecule is N#Cc1c(-c2ccccc2)nc(CCc2ccccc2)[nH]c1=O. The molecule has 0 saturated heterocycles. The number of aromatic nitrogens is 2. The minimum atomic E-state index is -0.385. The zero-order chi connectivity index (χ0) is 16.1. The van der Waals surface area contributed by atoms with Crippen LogP contribution in [0.2, 0.25) is 0 Å². The van der Waals surface area contributed by atoms with Crippen LogP contribution in [0.3, 0.4) is 0 Å². The second kappa shape index (κ2) is 6.71. The molecule has 3 rings (SSSR count). The van der Waals surface area contributed by atoms with Gasteiger partial charge in [-0.2, -0.15) is 5.26 Å². The van der Waals surface area contributed by atoms with Gasteiger partial charge in [0.2, 0.25) is 0 Å². The van der Waals surface area contributed by atoms with Crippen molar-refractivity contribution in [3.05, 3.63) is 88.0 Å². The Morgan fingerprint density at radius 1 is 0.957 bits per heavy atom. The summed E-state index contributed by atoms with van der Waals surface area (Å²) >= 11 is 0. The second-order valence-electron chi connectivity index (χ2n) is 5.20. The quantitative estimate of drug-likeness (QED) is 0.805. The predicted octanol–water partition coefficient (Wildman–Crippen LogP) is 3.09. The van der Waals surface area contributed by atoms with Gasteiger partial charge in [0.15, 0.2) is 0 Å². The van der Waals surface area contributed by atoms with Gasteiger partial charge in [0.05, 0.1) is 5.69 Å². The van der Waals surface area contributed by atoms with Crippen LogP contribution in [0.5, 0.6) is 0 Å². The van der Waals surface area contributed by atoms with Gasteiger partial charge in [-0.25, -0.2) is 4.98 Å². The van der Waals surface area contributed by atoms with Crippen molar-refractivity contribution >= 4 is 0 Å². The van der Waals surface area contributed by atoms with E-state index < -0.39 is 0 Å². The highest BCUT2D eigenvalue weighted by Gasteiger charge is 2.12. The number of H-pyrrole nitrogens is 1. The Hall–Kier alpha value is -3.19. The van der Waals surface area contributed by atoms with Crippen LogP contribution in [0.25, 0.3) is 11.3 Å². The van der Waals surface area contributed by atoms with Crippen molar-refractivity contribution < 1.29 is 0 Å². The molecule has 1 aromatic heterocycles. The van der Waals surface area contributed by atoms with E-state index >= 15 is 0 Å². The van der Waals surface area contributed by atoms with Crippen LogP contribution >= 0.6 is 0 Å². The fraction of sp³-hybridized carbons (Fsp3) is 0.105. The maximum Gasteiger partial charge on any atom is 0.269 e. The summed E-state index contributed by atoms with van der Waals surface area (Å²) in [6, 6.07) is 21.3. The third-order valence-electron chi connectivity index (χ3n) is 3.62. The molecule has 0 bridgehead atoms. The number of nitriles is 1. The van der Waals surface area contributed by atoms with Gasteiger partial charge in [0.1, 0.15) is 17.5 Å². The summed E-state index contributed by atoms with van der Waals surface area (Å²) in [6.45, 7) is 0. The number of aryl methyl sites for hydroxylation is 2. The maximum absolute atomic E-state index is 12.2. The van der Waals surface area contributed by atoms with Crippen molar-refractivity contribution in [3.8, 4) is 17.3 Å². The minimum absolute atomic E-state index is 0.0552. The molecule has 112 valence electrons. The number of nitrogens with one attached hydrogen (secondary N) is 1. The Labute approximate surface area is 134 Å². The fourth-order valence-electron chi connectivity index (χ4n) is 2.45. The normalized spacial score (nSPS) is 10.2. The van der Waals surface area contributed by atoms with Crippen molar-refractivity contribution in [2.45, 2.75) is 12.8 Å². The molecule has 4 heteroatoms. The van der Waals surface area contributed by atoms with Crippen molar-refractivity contribution in [1.82, 2.24) is 9.97 Å². The van der Waals surface area contributed by atoms with Gasteiger partial charge in [-0.3, -0.25) is 4.79 Å². The van der Waals surface area contributed by atoms with Crippen LogP contribution in [0.15, 0.2) is 65.5 Å². The first-order chi connectivity index (χ1) is 11.3. The van der Waals surface area contributed by atoms with E-state index in [9.17, 15) is 10.1 Å². The van der Waals surface area contributed by atoms with Gasteiger partial charge in [0.25, 0.3) is 5.56 Å². The zero-order valence-electron chi connectivity index (χ0n) is 12.5. The first-order valence-electron chi connectivity index (χ1n) is 7.40. The Morgan fingerprint density at radius 3 is 2.26 bits per heavy atom. The van der Waals surface area contributed by atoms with Crippen molar-refractivity contribution in [2.24, 2.45) is 0 Å². The lowest BCUT2D eigenvalue weighted by molar-refractivity contribution is 0.847. The molecule has 0 aliphatic rings. The van der Waals surface area contributed by atoms with E-state index in [0.29, 0.717) is 17.9 Å². The van der Waals surface area contributed by atoms with Crippen molar-refractivity contribution in [1.29, 1.82) is 5.26 Å². The van der Waals surface area contributed by atoms with Gasteiger partial charge in [0, 0.05) is 12.0 Å². The summed E-state index contributed by atoms with van der Waals surface area (Å²) in [5.41, 5.74) is 2.07. The molecule has 1 N–H and O–H groups in total. The molecular formula is C19H15N3O.